The van der Waals surface area contributed by atoms with Gasteiger partial charge in [0, 0.05) is 0 Å². The standard InChI is InChI=1S/C13H22N2O2.ClH/c1-5-8(2)12(14)13(16)15-10(4)11-7-6-9(3)17-11;/h6-8,10,12H,5,14H2,1-4H3,(H,15,16);1H. The van der Waals surface area contributed by atoms with Crippen LogP contribution in [0.5, 0.6) is 0 Å². The number of furan rings is 1. The van der Waals surface area contributed by atoms with Crippen molar-refractivity contribution in [2.45, 2.75) is 46.2 Å². The summed E-state index contributed by atoms with van der Waals surface area (Å²) >= 11 is 0. The predicted molar refractivity (Wildman–Crippen MR) is 74.7 cm³/mol. The molecule has 5 heteroatoms. The number of hydrogen-bond acceptors (Lipinski definition) is 3. The molecule has 1 aromatic rings. The number of rotatable bonds is 5. The van der Waals surface area contributed by atoms with E-state index in [-0.39, 0.29) is 30.3 Å². The van der Waals surface area contributed by atoms with Crippen LogP contribution in [-0.4, -0.2) is 11.9 Å². The van der Waals surface area contributed by atoms with Gasteiger partial charge in [0.25, 0.3) is 0 Å². The highest BCUT2D eigenvalue weighted by Gasteiger charge is 2.22. The third-order valence-electron chi connectivity index (χ3n) is 3.11. The second-order valence-electron chi connectivity index (χ2n) is 4.59. The number of carbonyl (C=O) groups is 1. The van der Waals surface area contributed by atoms with Crippen molar-refractivity contribution in [1.29, 1.82) is 0 Å². The van der Waals surface area contributed by atoms with Crippen LogP contribution in [0.4, 0.5) is 0 Å². The number of nitrogens with one attached hydrogen (secondary N) is 1. The first-order chi connectivity index (χ1) is 7.95. The molecule has 18 heavy (non-hydrogen) atoms. The van der Waals surface area contributed by atoms with Gasteiger partial charge in [-0.15, -0.1) is 12.4 Å². The zero-order valence-corrected chi connectivity index (χ0v) is 12.2. The summed E-state index contributed by atoms with van der Waals surface area (Å²) in [6, 6.07) is 3.14. The van der Waals surface area contributed by atoms with Crippen molar-refractivity contribution in [2.24, 2.45) is 11.7 Å². The van der Waals surface area contributed by atoms with Crippen molar-refractivity contribution < 1.29 is 9.21 Å². The number of amides is 1. The molecule has 0 radical (unpaired) electrons. The van der Waals surface area contributed by atoms with Crippen LogP contribution in [0.15, 0.2) is 16.5 Å². The van der Waals surface area contributed by atoms with Crippen molar-refractivity contribution in [2.75, 3.05) is 0 Å². The van der Waals surface area contributed by atoms with Gasteiger partial charge < -0.3 is 15.5 Å². The Kier molecular flexibility index (Phi) is 7.02. The molecule has 0 aromatic carbocycles. The monoisotopic (exact) mass is 274 g/mol. The Balaban J connectivity index is 0.00000289. The van der Waals surface area contributed by atoms with Crippen molar-refractivity contribution in [3.8, 4) is 0 Å². The second kappa shape index (κ2) is 7.44. The summed E-state index contributed by atoms with van der Waals surface area (Å²) < 4.78 is 5.46. The third-order valence-corrected chi connectivity index (χ3v) is 3.11. The molecular weight excluding hydrogens is 252 g/mol. The van der Waals surface area contributed by atoms with Crippen LogP contribution >= 0.6 is 12.4 Å². The molecule has 0 aliphatic heterocycles. The lowest BCUT2D eigenvalue weighted by Gasteiger charge is -2.20. The van der Waals surface area contributed by atoms with Gasteiger partial charge in [0.05, 0.1) is 12.1 Å². The zero-order valence-electron chi connectivity index (χ0n) is 11.4. The van der Waals surface area contributed by atoms with Crippen LogP contribution in [0.1, 0.15) is 44.8 Å². The highest BCUT2D eigenvalue weighted by Crippen LogP contribution is 2.16. The van der Waals surface area contributed by atoms with Crippen LogP contribution in [0.3, 0.4) is 0 Å². The Labute approximate surface area is 115 Å². The minimum Gasteiger partial charge on any atom is -0.464 e. The summed E-state index contributed by atoms with van der Waals surface area (Å²) in [6.45, 7) is 7.77. The number of carbonyl (C=O) groups excluding carboxylic acids is 1. The van der Waals surface area contributed by atoms with Gasteiger partial charge in [0.1, 0.15) is 11.5 Å². The van der Waals surface area contributed by atoms with Gasteiger partial charge in [-0.25, -0.2) is 0 Å². The van der Waals surface area contributed by atoms with Gasteiger partial charge in [-0.3, -0.25) is 4.79 Å². The van der Waals surface area contributed by atoms with Gasteiger partial charge >= 0.3 is 0 Å². The Morgan fingerprint density at radius 1 is 1.44 bits per heavy atom. The molecule has 3 unspecified atom stereocenters. The molecule has 0 saturated carbocycles. The van der Waals surface area contributed by atoms with Crippen LogP contribution in [-0.2, 0) is 4.79 Å². The summed E-state index contributed by atoms with van der Waals surface area (Å²) in [6.07, 6.45) is 0.892. The van der Waals surface area contributed by atoms with Crippen molar-refractivity contribution in [3.63, 3.8) is 0 Å². The Bertz CT molecular complexity index is 379. The first kappa shape index (κ1) is 17.0. The van der Waals surface area contributed by atoms with Gasteiger partial charge in [-0.2, -0.15) is 0 Å². The van der Waals surface area contributed by atoms with E-state index < -0.39 is 6.04 Å². The molecule has 4 nitrogen and oxygen atoms in total. The Hall–Kier alpha value is -1.00. The van der Waals surface area contributed by atoms with Crippen molar-refractivity contribution >= 4 is 18.3 Å². The maximum atomic E-state index is 11.9. The molecule has 0 fully saturated rings. The van der Waals surface area contributed by atoms with Gasteiger partial charge in [-0.05, 0) is 31.9 Å². The summed E-state index contributed by atoms with van der Waals surface area (Å²) in [5.74, 6) is 1.65. The minimum absolute atomic E-state index is 0. The minimum atomic E-state index is -0.460. The fourth-order valence-corrected chi connectivity index (χ4v) is 1.58. The molecule has 3 atom stereocenters. The van der Waals surface area contributed by atoms with Crippen LogP contribution in [0, 0.1) is 12.8 Å². The number of nitrogens with two attached hydrogens (primary N) is 1. The largest absolute Gasteiger partial charge is 0.464 e. The van der Waals surface area contributed by atoms with E-state index in [9.17, 15) is 4.79 Å². The molecule has 0 bridgehead atoms. The molecule has 0 saturated heterocycles. The van der Waals surface area contributed by atoms with Gasteiger partial charge in [0.2, 0.25) is 5.91 Å². The third kappa shape index (κ3) is 4.35. The topological polar surface area (TPSA) is 68.3 Å². The van der Waals surface area contributed by atoms with E-state index in [4.69, 9.17) is 10.2 Å². The lowest BCUT2D eigenvalue weighted by Crippen LogP contribution is -2.45. The van der Waals surface area contributed by atoms with E-state index in [1.54, 1.807) is 0 Å². The second-order valence-corrected chi connectivity index (χ2v) is 4.59. The first-order valence-electron chi connectivity index (χ1n) is 6.08. The summed E-state index contributed by atoms with van der Waals surface area (Å²) in [5.41, 5.74) is 5.86. The maximum Gasteiger partial charge on any atom is 0.237 e. The quantitative estimate of drug-likeness (QED) is 0.867. The summed E-state index contributed by atoms with van der Waals surface area (Å²) in [4.78, 5) is 11.9. The van der Waals surface area contributed by atoms with Gasteiger partial charge in [-0.1, -0.05) is 20.3 Å². The molecule has 3 N–H and O–H groups in total. The molecule has 104 valence electrons. The normalized spacial score (nSPS) is 15.4. The predicted octanol–water partition coefficient (Wildman–Crippen LogP) is 2.56. The molecular formula is C13H23ClN2O2. The van der Waals surface area contributed by atoms with E-state index in [1.165, 1.54) is 0 Å². The van der Waals surface area contributed by atoms with Crippen LogP contribution in [0.25, 0.3) is 0 Å². The fourth-order valence-electron chi connectivity index (χ4n) is 1.58. The van der Waals surface area contributed by atoms with Crippen molar-refractivity contribution in [3.05, 3.63) is 23.7 Å². The number of hydrogen-bond donors (Lipinski definition) is 2. The zero-order chi connectivity index (χ0) is 13.0. The molecule has 0 aliphatic rings. The highest BCUT2D eigenvalue weighted by atomic mass is 35.5. The number of aryl methyl sites for hydroxylation is 1. The Morgan fingerprint density at radius 3 is 2.50 bits per heavy atom. The smallest absolute Gasteiger partial charge is 0.237 e. The molecule has 1 aromatic heterocycles. The molecule has 0 aliphatic carbocycles. The summed E-state index contributed by atoms with van der Waals surface area (Å²) in [5, 5.41) is 2.87. The van der Waals surface area contributed by atoms with E-state index in [0.717, 1.165) is 17.9 Å². The van der Waals surface area contributed by atoms with Crippen molar-refractivity contribution in [1.82, 2.24) is 5.32 Å². The molecule has 1 amide bonds. The molecule has 1 rings (SSSR count). The number of halogens is 1. The highest BCUT2D eigenvalue weighted by molar-refractivity contribution is 5.85. The molecule has 1 heterocycles. The summed E-state index contributed by atoms with van der Waals surface area (Å²) in [7, 11) is 0. The van der Waals surface area contributed by atoms with E-state index in [0.29, 0.717) is 0 Å². The fraction of sp³-hybridized carbons (Fsp3) is 0.615. The SMILES string of the molecule is CCC(C)C(N)C(=O)NC(C)c1ccc(C)o1.Cl. The first-order valence-corrected chi connectivity index (χ1v) is 6.08. The average molecular weight is 275 g/mol. The van der Waals surface area contributed by atoms with E-state index in [1.807, 2.05) is 39.8 Å². The van der Waals surface area contributed by atoms with Crippen LogP contribution < -0.4 is 11.1 Å². The van der Waals surface area contributed by atoms with Gasteiger partial charge in [0.15, 0.2) is 0 Å². The maximum absolute atomic E-state index is 11.9. The Morgan fingerprint density at radius 2 is 2.06 bits per heavy atom. The average Bonchev–Trinajstić information content (AvgIpc) is 2.73. The van der Waals surface area contributed by atoms with E-state index >= 15 is 0 Å². The lowest BCUT2D eigenvalue weighted by atomic mass is 9.99. The van der Waals surface area contributed by atoms with E-state index in [2.05, 4.69) is 5.32 Å². The van der Waals surface area contributed by atoms with Crippen LogP contribution in [0.2, 0.25) is 0 Å². The molecule has 0 spiro atoms. The lowest BCUT2D eigenvalue weighted by molar-refractivity contribution is -0.124.